The second-order valence-electron chi connectivity index (χ2n) is 10.3. The maximum atomic E-state index is 6.25. The van der Waals surface area contributed by atoms with Gasteiger partial charge >= 0.3 is 0 Å². The minimum atomic E-state index is 0.108. The molecule has 0 spiro atoms. The van der Waals surface area contributed by atoms with Crippen molar-refractivity contribution in [2.75, 3.05) is 40.3 Å². The molecule has 0 radical (unpaired) electrons. The molecule has 2 aromatic rings. The van der Waals surface area contributed by atoms with E-state index in [1.54, 1.807) is 0 Å². The van der Waals surface area contributed by atoms with Crippen molar-refractivity contribution in [3.63, 3.8) is 0 Å². The summed E-state index contributed by atoms with van der Waals surface area (Å²) < 4.78 is 12.5. The van der Waals surface area contributed by atoms with Crippen LogP contribution < -0.4 is 9.47 Å². The van der Waals surface area contributed by atoms with Crippen LogP contribution in [0.1, 0.15) is 56.1 Å². The predicted octanol–water partition coefficient (Wildman–Crippen LogP) is 5.10. The molecule has 2 aliphatic heterocycles. The van der Waals surface area contributed by atoms with Crippen LogP contribution in [-0.4, -0.2) is 62.3 Å². The fourth-order valence-corrected chi connectivity index (χ4v) is 5.97. The molecule has 4 heteroatoms. The first-order valence-electron chi connectivity index (χ1n) is 12.5. The van der Waals surface area contributed by atoms with Gasteiger partial charge < -0.3 is 19.3 Å². The van der Waals surface area contributed by atoms with Crippen molar-refractivity contribution in [3.05, 3.63) is 59.7 Å². The third-order valence-corrected chi connectivity index (χ3v) is 7.82. The maximum Gasteiger partial charge on any atom is 0.119 e. The zero-order valence-corrected chi connectivity index (χ0v) is 19.8. The van der Waals surface area contributed by atoms with E-state index in [-0.39, 0.29) is 5.41 Å². The second-order valence-corrected chi connectivity index (χ2v) is 10.3. The highest BCUT2D eigenvalue weighted by Gasteiger charge is 2.36. The van der Waals surface area contributed by atoms with Gasteiger partial charge in [-0.15, -0.1) is 0 Å². The van der Waals surface area contributed by atoms with Crippen LogP contribution >= 0.6 is 0 Å². The van der Waals surface area contributed by atoms with Gasteiger partial charge in [0.25, 0.3) is 0 Å². The normalized spacial score (nSPS) is 26.3. The molecule has 1 saturated carbocycles. The van der Waals surface area contributed by atoms with Gasteiger partial charge in [-0.25, -0.2) is 0 Å². The van der Waals surface area contributed by atoms with Gasteiger partial charge in [-0.1, -0.05) is 43.5 Å². The fraction of sp³-hybridized carbons (Fsp3) is 0.571. The first-order valence-corrected chi connectivity index (χ1v) is 12.5. The third-order valence-electron chi connectivity index (χ3n) is 7.82. The SMILES string of the molecule is CN1CCC(Oc2ccc(C3(c4ccc(OC5CCN(C)C5)cc4)CCCCC3)cc2)C1. The molecule has 0 aromatic heterocycles. The van der Waals surface area contributed by atoms with Crippen LogP contribution in [0.4, 0.5) is 0 Å². The van der Waals surface area contributed by atoms with Crippen LogP contribution in [0.3, 0.4) is 0 Å². The lowest BCUT2D eigenvalue weighted by Crippen LogP contribution is -2.30. The molecule has 3 fully saturated rings. The first kappa shape index (κ1) is 21.8. The standard InChI is InChI=1S/C28H38N2O2/c1-29-18-14-26(20-29)31-24-10-6-22(7-11-24)28(16-4-3-5-17-28)23-8-12-25(13-9-23)32-27-15-19-30(2)21-27/h6-13,26-27H,3-5,14-21H2,1-2H3. The minimum absolute atomic E-state index is 0.108. The number of likely N-dealkylation sites (tertiary alicyclic amines) is 2. The van der Waals surface area contributed by atoms with Gasteiger partial charge in [0.15, 0.2) is 0 Å². The Balaban J connectivity index is 1.33. The largest absolute Gasteiger partial charge is 0.489 e. The Morgan fingerprint density at radius 3 is 1.47 bits per heavy atom. The van der Waals surface area contributed by atoms with Crippen LogP contribution in [0.5, 0.6) is 11.5 Å². The van der Waals surface area contributed by atoms with Crippen molar-refractivity contribution in [1.29, 1.82) is 0 Å². The van der Waals surface area contributed by atoms with Crippen molar-refractivity contribution < 1.29 is 9.47 Å². The summed E-state index contributed by atoms with van der Waals surface area (Å²) in [6.45, 7) is 4.31. The number of likely N-dealkylation sites (N-methyl/N-ethyl adjacent to an activating group) is 2. The monoisotopic (exact) mass is 434 g/mol. The lowest BCUT2D eigenvalue weighted by atomic mass is 9.65. The molecule has 0 bridgehead atoms. The smallest absolute Gasteiger partial charge is 0.119 e. The number of ether oxygens (including phenoxy) is 2. The van der Waals surface area contributed by atoms with Crippen molar-refractivity contribution >= 4 is 0 Å². The van der Waals surface area contributed by atoms with E-state index in [4.69, 9.17) is 9.47 Å². The van der Waals surface area contributed by atoms with Crippen molar-refractivity contribution in [2.24, 2.45) is 0 Å². The Morgan fingerprint density at radius 1 is 0.656 bits per heavy atom. The van der Waals surface area contributed by atoms with E-state index in [1.165, 1.54) is 43.2 Å². The van der Waals surface area contributed by atoms with E-state index in [0.29, 0.717) is 12.2 Å². The van der Waals surface area contributed by atoms with E-state index in [1.807, 2.05) is 0 Å². The lowest BCUT2D eigenvalue weighted by Gasteiger charge is -2.39. The molecule has 4 nitrogen and oxygen atoms in total. The molecule has 1 aliphatic carbocycles. The highest BCUT2D eigenvalue weighted by molar-refractivity contribution is 5.44. The molecule has 2 heterocycles. The number of rotatable bonds is 6. The van der Waals surface area contributed by atoms with E-state index < -0.39 is 0 Å². The van der Waals surface area contributed by atoms with E-state index in [2.05, 4.69) is 72.4 Å². The average molecular weight is 435 g/mol. The summed E-state index contributed by atoms with van der Waals surface area (Å²) in [4.78, 5) is 4.68. The molecule has 2 atom stereocenters. The molecule has 2 saturated heterocycles. The van der Waals surface area contributed by atoms with E-state index in [9.17, 15) is 0 Å². The third kappa shape index (κ3) is 4.67. The number of benzene rings is 2. The Morgan fingerprint density at radius 2 is 1.09 bits per heavy atom. The summed E-state index contributed by atoms with van der Waals surface area (Å²) in [5.74, 6) is 2.01. The topological polar surface area (TPSA) is 24.9 Å². The van der Waals surface area contributed by atoms with Crippen molar-refractivity contribution in [1.82, 2.24) is 9.80 Å². The fourth-order valence-electron chi connectivity index (χ4n) is 5.97. The number of hydrogen-bond donors (Lipinski definition) is 0. The molecule has 0 N–H and O–H groups in total. The summed E-state index contributed by atoms with van der Waals surface area (Å²) in [7, 11) is 4.34. The molecule has 2 aromatic carbocycles. The van der Waals surface area contributed by atoms with Gasteiger partial charge in [0.1, 0.15) is 23.7 Å². The highest BCUT2D eigenvalue weighted by atomic mass is 16.5. The van der Waals surface area contributed by atoms with Gasteiger partial charge in [-0.3, -0.25) is 0 Å². The van der Waals surface area contributed by atoms with Crippen LogP contribution in [-0.2, 0) is 5.41 Å². The van der Waals surface area contributed by atoms with Crippen LogP contribution in [0, 0.1) is 0 Å². The number of nitrogens with zero attached hydrogens (tertiary/aromatic N) is 2. The first-order chi connectivity index (χ1) is 15.6. The summed E-state index contributed by atoms with van der Waals surface area (Å²) in [6.07, 6.45) is 9.24. The van der Waals surface area contributed by atoms with Gasteiger partial charge in [0, 0.05) is 31.6 Å². The Bertz CT molecular complexity index is 806. The lowest BCUT2D eigenvalue weighted by molar-refractivity contribution is 0.208. The molecular weight excluding hydrogens is 396 g/mol. The van der Waals surface area contributed by atoms with Gasteiger partial charge in [-0.05, 0) is 75.2 Å². The molecule has 3 aliphatic rings. The van der Waals surface area contributed by atoms with Crippen LogP contribution in [0.2, 0.25) is 0 Å². The molecule has 0 amide bonds. The average Bonchev–Trinajstić information content (AvgIpc) is 3.42. The molecule has 32 heavy (non-hydrogen) atoms. The molecular formula is C28H38N2O2. The minimum Gasteiger partial charge on any atom is -0.489 e. The number of hydrogen-bond acceptors (Lipinski definition) is 4. The van der Waals surface area contributed by atoms with Gasteiger partial charge in [0.05, 0.1) is 0 Å². The predicted molar refractivity (Wildman–Crippen MR) is 130 cm³/mol. The van der Waals surface area contributed by atoms with Crippen molar-refractivity contribution in [3.8, 4) is 11.5 Å². The Labute approximate surface area is 193 Å². The molecule has 172 valence electrons. The second kappa shape index (κ2) is 9.44. The van der Waals surface area contributed by atoms with Crippen LogP contribution in [0.15, 0.2) is 48.5 Å². The quantitative estimate of drug-likeness (QED) is 0.631. The Hall–Kier alpha value is -2.04. The summed E-state index contributed by atoms with van der Waals surface area (Å²) in [5.41, 5.74) is 2.97. The summed E-state index contributed by atoms with van der Waals surface area (Å²) >= 11 is 0. The van der Waals surface area contributed by atoms with Gasteiger partial charge in [0.2, 0.25) is 0 Å². The van der Waals surface area contributed by atoms with Gasteiger partial charge in [-0.2, -0.15) is 0 Å². The molecule has 5 rings (SSSR count). The maximum absolute atomic E-state index is 6.25. The zero-order valence-electron chi connectivity index (χ0n) is 19.8. The van der Waals surface area contributed by atoms with Crippen LogP contribution in [0.25, 0.3) is 0 Å². The Kier molecular flexibility index (Phi) is 6.43. The zero-order chi connectivity index (χ0) is 22.0. The van der Waals surface area contributed by atoms with E-state index in [0.717, 1.165) is 50.5 Å². The summed E-state index contributed by atoms with van der Waals surface area (Å²) in [5, 5.41) is 0. The highest BCUT2D eigenvalue weighted by Crippen LogP contribution is 2.45. The van der Waals surface area contributed by atoms with Crippen molar-refractivity contribution in [2.45, 2.75) is 62.6 Å². The molecule has 2 unspecified atom stereocenters. The van der Waals surface area contributed by atoms with E-state index >= 15 is 0 Å². The summed E-state index contributed by atoms with van der Waals surface area (Å²) in [6, 6.07) is 18.0.